The number of rotatable bonds is 3. The van der Waals surface area contributed by atoms with Gasteiger partial charge in [0.2, 0.25) is 0 Å². The first-order valence-electron chi connectivity index (χ1n) is 5.91. The fourth-order valence-corrected chi connectivity index (χ4v) is 2.12. The molecule has 0 aliphatic heterocycles. The summed E-state index contributed by atoms with van der Waals surface area (Å²) in [6, 6.07) is 9.04. The number of nitrogens with two attached hydrogens (primary N) is 1. The molecule has 98 valence electrons. The zero-order valence-electron chi connectivity index (χ0n) is 10.5. The number of pyridine rings is 1. The van der Waals surface area contributed by atoms with Crippen molar-refractivity contribution < 1.29 is 4.79 Å². The van der Waals surface area contributed by atoms with Gasteiger partial charge in [-0.25, -0.2) is 4.98 Å². The molecule has 2 rings (SSSR count). The van der Waals surface area contributed by atoms with Crippen molar-refractivity contribution in [3.05, 3.63) is 52.1 Å². The Kier molecular flexibility index (Phi) is 4.16. The average molecular weight is 320 g/mol. The fraction of sp³-hybridized carbons (Fsp3) is 0.143. The van der Waals surface area contributed by atoms with Crippen molar-refractivity contribution in [1.82, 2.24) is 4.98 Å². The van der Waals surface area contributed by atoms with Gasteiger partial charge in [-0.1, -0.05) is 22.9 Å². The smallest absolute Gasteiger partial charge is 0.257 e. The summed E-state index contributed by atoms with van der Waals surface area (Å²) in [5, 5.41) is 2.88. The van der Waals surface area contributed by atoms with Crippen LogP contribution >= 0.6 is 15.9 Å². The maximum atomic E-state index is 12.1. The maximum absolute atomic E-state index is 12.1. The first-order chi connectivity index (χ1) is 9.10. The van der Waals surface area contributed by atoms with Crippen LogP contribution in [0.15, 0.2) is 41.0 Å². The molecule has 3 N–H and O–H groups in total. The number of carbonyl (C=O) groups is 1. The second kappa shape index (κ2) is 5.84. The van der Waals surface area contributed by atoms with Crippen LogP contribution in [0.4, 0.5) is 11.5 Å². The lowest BCUT2D eigenvalue weighted by molar-refractivity contribution is 0.102. The van der Waals surface area contributed by atoms with Crippen molar-refractivity contribution in [3.63, 3.8) is 0 Å². The molecular weight excluding hydrogens is 306 g/mol. The van der Waals surface area contributed by atoms with E-state index in [1.54, 1.807) is 12.1 Å². The van der Waals surface area contributed by atoms with Gasteiger partial charge in [-0.2, -0.15) is 0 Å². The third-order valence-electron chi connectivity index (χ3n) is 2.74. The van der Waals surface area contributed by atoms with Crippen molar-refractivity contribution in [2.45, 2.75) is 13.3 Å². The van der Waals surface area contributed by atoms with Gasteiger partial charge in [-0.15, -0.1) is 0 Å². The summed E-state index contributed by atoms with van der Waals surface area (Å²) in [6.45, 7) is 2.04. The van der Waals surface area contributed by atoms with Crippen LogP contribution in [0, 0.1) is 0 Å². The van der Waals surface area contributed by atoms with Crippen LogP contribution in [0.25, 0.3) is 0 Å². The number of carbonyl (C=O) groups excluding carboxylic acids is 1. The number of nitrogen functional groups attached to an aromatic ring is 1. The summed E-state index contributed by atoms with van der Waals surface area (Å²) in [5.41, 5.74) is 7.87. The van der Waals surface area contributed by atoms with E-state index in [0.717, 1.165) is 22.1 Å². The topological polar surface area (TPSA) is 68.0 Å². The molecule has 1 aromatic heterocycles. The molecule has 0 atom stereocenters. The number of benzene rings is 1. The normalized spacial score (nSPS) is 10.2. The molecule has 19 heavy (non-hydrogen) atoms. The van der Waals surface area contributed by atoms with E-state index in [2.05, 4.69) is 26.2 Å². The van der Waals surface area contributed by atoms with Crippen LogP contribution in [0.1, 0.15) is 22.8 Å². The fourth-order valence-electron chi connectivity index (χ4n) is 1.71. The van der Waals surface area contributed by atoms with Gasteiger partial charge < -0.3 is 11.1 Å². The van der Waals surface area contributed by atoms with Crippen molar-refractivity contribution in [1.29, 1.82) is 0 Å². The molecule has 0 radical (unpaired) electrons. The van der Waals surface area contributed by atoms with Crippen molar-refractivity contribution in [2.24, 2.45) is 0 Å². The quantitative estimate of drug-likeness (QED) is 0.912. The maximum Gasteiger partial charge on any atom is 0.257 e. The predicted molar refractivity (Wildman–Crippen MR) is 80.1 cm³/mol. The van der Waals surface area contributed by atoms with Crippen LogP contribution in [0.5, 0.6) is 0 Å². The second-order valence-electron chi connectivity index (χ2n) is 4.08. The molecule has 0 aliphatic rings. The van der Waals surface area contributed by atoms with Gasteiger partial charge in [0.05, 0.1) is 5.56 Å². The minimum atomic E-state index is -0.190. The summed E-state index contributed by atoms with van der Waals surface area (Å²) >= 11 is 3.42. The van der Waals surface area contributed by atoms with E-state index < -0.39 is 0 Å². The molecule has 0 aliphatic carbocycles. The van der Waals surface area contributed by atoms with E-state index in [-0.39, 0.29) is 5.91 Å². The highest BCUT2D eigenvalue weighted by atomic mass is 79.9. The van der Waals surface area contributed by atoms with Crippen molar-refractivity contribution in [2.75, 3.05) is 11.1 Å². The monoisotopic (exact) mass is 319 g/mol. The van der Waals surface area contributed by atoms with Crippen LogP contribution in [-0.4, -0.2) is 10.9 Å². The van der Waals surface area contributed by atoms with Crippen LogP contribution in [0.2, 0.25) is 0 Å². The number of aromatic nitrogens is 1. The highest BCUT2D eigenvalue weighted by molar-refractivity contribution is 9.10. The first kappa shape index (κ1) is 13.5. The summed E-state index contributed by atoms with van der Waals surface area (Å²) in [5.74, 6) is 0.207. The van der Waals surface area contributed by atoms with E-state index >= 15 is 0 Å². The van der Waals surface area contributed by atoms with Gasteiger partial charge >= 0.3 is 0 Å². The second-order valence-corrected chi connectivity index (χ2v) is 5.00. The van der Waals surface area contributed by atoms with Crippen LogP contribution in [0.3, 0.4) is 0 Å². The van der Waals surface area contributed by atoms with E-state index in [4.69, 9.17) is 5.73 Å². The SMILES string of the molecule is CCc1cc(Br)ccc1NC(=O)c1ccc(N)nc1. The Morgan fingerprint density at radius 2 is 2.16 bits per heavy atom. The molecule has 0 unspecified atom stereocenters. The summed E-state index contributed by atoms with van der Waals surface area (Å²) in [7, 11) is 0. The summed E-state index contributed by atoms with van der Waals surface area (Å²) in [6.07, 6.45) is 2.31. The number of amides is 1. The predicted octanol–water partition coefficient (Wildman–Crippen LogP) is 3.24. The molecule has 5 heteroatoms. The van der Waals surface area contributed by atoms with Gasteiger partial charge in [0.15, 0.2) is 0 Å². The first-order valence-corrected chi connectivity index (χ1v) is 6.70. The molecule has 4 nitrogen and oxygen atoms in total. The molecular formula is C14H14BrN3O. The zero-order chi connectivity index (χ0) is 13.8. The molecule has 0 fully saturated rings. The third-order valence-corrected chi connectivity index (χ3v) is 3.24. The minimum absolute atomic E-state index is 0.190. The van der Waals surface area contributed by atoms with Gasteiger partial charge in [-0.05, 0) is 42.3 Å². The molecule has 0 saturated heterocycles. The molecule has 0 spiro atoms. The highest BCUT2D eigenvalue weighted by Crippen LogP contribution is 2.22. The summed E-state index contributed by atoms with van der Waals surface area (Å²) < 4.78 is 0.997. The van der Waals surface area contributed by atoms with Crippen LogP contribution in [-0.2, 0) is 6.42 Å². The van der Waals surface area contributed by atoms with Crippen molar-refractivity contribution >= 4 is 33.3 Å². The molecule has 2 aromatic rings. The molecule has 0 saturated carbocycles. The Hall–Kier alpha value is -1.88. The van der Waals surface area contributed by atoms with E-state index in [1.807, 2.05) is 25.1 Å². The number of nitrogens with zero attached hydrogens (tertiary/aromatic N) is 1. The number of hydrogen-bond donors (Lipinski definition) is 2. The van der Waals surface area contributed by atoms with E-state index in [0.29, 0.717) is 11.4 Å². The number of anilines is 2. The Balaban J connectivity index is 2.21. The molecule has 0 bridgehead atoms. The number of halogens is 1. The average Bonchev–Trinajstić information content (AvgIpc) is 2.41. The van der Waals surface area contributed by atoms with E-state index in [1.165, 1.54) is 6.20 Å². The standard InChI is InChI=1S/C14H14BrN3O/c1-2-9-7-11(15)4-5-12(9)18-14(19)10-3-6-13(16)17-8-10/h3-8H,2H2,1H3,(H2,16,17)(H,18,19). The number of aryl methyl sites for hydroxylation is 1. The molecule has 1 amide bonds. The Morgan fingerprint density at radius 3 is 2.79 bits per heavy atom. The lowest BCUT2D eigenvalue weighted by Crippen LogP contribution is -2.13. The Labute approximate surface area is 120 Å². The lowest BCUT2D eigenvalue weighted by Gasteiger charge is -2.10. The number of nitrogens with one attached hydrogen (secondary N) is 1. The highest BCUT2D eigenvalue weighted by Gasteiger charge is 2.09. The summed E-state index contributed by atoms with van der Waals surface area (Å²) in [4.78, 5) is 16.0. The number of hydrogen-bond acceptors (Lipinski definition) is 3. The van der Waals surface area contributed by atoms with E-state index in [9.17, 15) is 4.79 Å². The largest absolute Gasteiger partial charge is 0.384 e. The Morgan fingerprint density at radius 1 is 1.37 bits per heavy atom. The zero-order valence-corrected chi connectivity index (χ0v) is 12.1. The third kappa shape index (κ3) is 3.32. The van der Waals surface area contributed by atoms with Crippen molar-refractivity contribution in [3.8, 4) is 0 Å². The van der Waals surface area contributed by atoms with Gasteiger partial charge in [0, 0.05) is 16.4 Å². The van der Waals surface area contributed by atoms with Gasteiger partial charge in [-0.3, -0.25) is 4.79 Å². The lowest BCUT2D eigenvalue weighted by atomic mass is 10.1. The van der Waals surface area contributed by atoms with Gasteiger partial charge in [0.25, 0.3) is 5.91 Å². The minimum Gasteiger partial charge on any atom is -0.384 e. The molecule has 1 heterocycles. The Bertz CT molecular complexity index is 596. The van der Waals surface area contributed by atoms with Gasteiger partial charge in [0.1, 0.15) is 5.82 Å². The molecule has 1 aromatic carbocycles. The van der Waals surface area contributed by atoms with Crippen LogP contribution < -0.4 is 11.1 Å².